The number of aryl methyl sites for hydroxylation is 2. The summed E-state index contributed by atoms with van der Waals surface area (Å²) in [4.78, 5) is 30.4. The second-order valence-electron chi connectivity index (χ2n) is 8.03. The van der Waals surface area contributed by atoms with Gasteiger partial charge in [-0.2, -0.15) is 5.10 Å². The molecule has 4 aromatic rings. The maximum Gasteiger partial charge on any atom is 0.339 e. The number of ketones is 1. The predicted octanol–water partition coefficient (Wildman–Crippen LogP) is 4.94. The third-order valence-electron chi connectivity index (χ3n) is 5.32. The normalized spacial score (nSPS) is 11.2. The lowest BCUT2D eigenvalue weighted by Gasteiger charge is -2.10. The summed E-state index contributed by atoms with van der Waals surface area (Å²) >= 11 is 0. The van der Waals surface area contributed by atoms with Crippen LogP contribution in [0.1, 0.15) is 52.1 Å². The first kappa shape index (κ1) is 22.3. The Bertz CT molecular complexity index is 1350. The van der Waals surface area contributed by atoms with Crippen LogP contribution in [0.5, 0.6) is 5.75 Å². The second-order valence-corrected chi connectivity index (χ2v) is 8.03. The first-order chi connectivity index (χ1) is 15.8. The topological polar surface area (TPSA) is 96.5 Å². The van der Waals surface area contributed by atoms with Crippen molar-refractivity contribution < 1.29 is 23.5 Å². The maximum atomic E-state index is 13.1. The molecule has 8 nitrogen and oxygen atoms in total. The molecular formula is C25H25N3O5. The van der Waals surface area contributed by atoms with E-state index in [-0.39, 0.29) is 11.8 Å². The minimum absolute atomic E-state index is 0.0379. The number of pyridine rings is 1. The number of nitrogens with zero attached hydrogens (tertiary/aromatic N) is 3. The summed E-state index contributed by atoms with van der Waals surface area (Å²) in [6.45, 7) is 7.27. The van der Waals surface area contributed by atoms with Crippen LogP contribution in [0.4, 0.5) is 0 Å². The van der Waals surface area contributed by atoms with Crippen LogP contribution in [0, 0.1) is 13.8 Å². The van der Waals surface area contributed by atoms with Crippen molar-refractivity contribution in [3.05, 3.63) is 65.2 Å². The number of rotatable bonds is 7. The van der Waals surface area contributed by atoms with E-state index in [4.69, 9.17) is 18.9 Å². The molecule has 33 heavy (non-hydrogen) atoms. The average Bonchev–Trinajstić information content (AvgIpc) is 3.38. The van der Waals surface area contributed by atoms with Gasteiger partial charge in [-0.25, -0.2) is 14.5 Å². The van der Waals surface area contributed by atoms with Crippen molar-refractivity contribution in [2.24, 2.45) is 0 Å². The molecule has 0 aliphatic heterocycles. The van der Waals surface area contributed by atoms with Crippen LogP contribution < -0.4 is 4.74 Å². The molecule has 0 atom stereocenters. The predicted molar refractivity (Wildman–Crippen MR) is 123 cm³/mol. The van der Waals surface area contributed by atoms with Crippen molar-refractivity contribution >= 4 is 22.8 Å². The monoisotopic (exact) mass is 447 g/mol. The molecule has 0 saturated carbocycles. The molecule has 0 unspecified atom stereocenters. The smallest absolute Gasteiger partial charge is 0.339 e. The number of aromatic nitrogens is 3. The Morgan fingerprint density at radius 1 is 1.15 bits per heavy atom. The van der Waals surface area contributed by atoms with E-state index in [1.54, 1.807) is 41.2 Å². The zero-order valence-corrected chi connectivity index (χ0v) is 19.2. The highest BCUT2D eigenvalue weighted by atomic mass is 16.5. The van der Waals surface area contributed by atoms with Crippen LogP contribution in [0.3, 0.4) is 0 Å². The minimum atomic E-state index is -0.624. The first-order valence-corrected chi connectivity index (χ1v) is 10.6. The number of hydrogen-bond donors (Lipinski definition) is 0. The Labute approximate surface area is 191 Å². The quantitative estimate of drug-likeness (QED) is 0.292. The van der Waals surface area contributed by atoms with E-state index in [1.807, 2.05) is 33.8 Å². The van der Waals surface area contributed by atoms with Crippen LogP contribution in [-0.4, -0.2) is 40.2 Å². The highest BCUT2D eigenvalue weighted by Gasteiger charge is 2.22. The van der Waals surface area contributed by atoms with E-state index in [0.717, 1.165) is 11.3 Å². The van der Waals surface area contributed by atoms with E-state index < -0.39 is 12.6 Å². The molecule has 8 heteroatoms. The third kappa shape index (κ3) is 4.37. The van der Waals surface area contributed by atoms with Crippen LogP contribution in [-0.2, 0) is 4.74 Å². The van der Waals surface area contributed by atoms with Crippen molar-refractivity contribution in [2.75, 3.05) is 13.7 Å². The molecule has 0 saturated heterocycles. The fourth-order valence-corrected chi connectivity index (χ4v) is 3.68. The lowest BCUT2D eigenvalue weighted by Crippen LogP contribution is -2.15. The van der Waals surface area contributed by atoms with Crippen molar-refractivity contribution in [2.45, 2.75) is 33.7 Å². The Morgan fingerprint density at radius 2 is 1.94 bits per heavy atom. The van der Waals surface area contributed by atoms with Crippen LogP contribution >= 0.6 is 0 Å². The SMILES string of the molecule is COc1cccc(C(=O)COC(=O)c2cc(-c3cc(C)oc3C)nc3c2cnn3C(C)C)c1. The number of esters is 1. The fraction of sp³-hybridized carbons (Fsp3) is 0.280. The number of fused-ring (bicyclic) bond motifs is 1. The van der Waals surface area contributed by atoms with Crippen LogP contribution in [0.15, 0.2) is 47.0 Å². The Hall–Kier alpha value is -3.94. The van der Waals surface area contributed by atoms with Gasteiger partial charge in [0.2, 0.25) is 0 Å². The number of ether oxygens (including phenoxy) is 2. The molecule has 0 radical (unpaired) electrons. The number of benzene rings is 1. The molecule has 4 rings (SSSR count). The largest absolute Gasteiger partial charge is 0.497 e. The molecule has 3 aromatic heterocycles. The van der Waals surface area contributed by atoms with E-state index in [2.05, 4.69) is 5.10 Å². The summed E-state index contributed by atoms with van der Waals surface area (Å²) in [5.41, 5.74) is 2.61. The number of hydrogen-bond acceptors (Lipinski definition) is 7. The summed E-state index contributed by atoms with van der Waals surface area (Å²) in [5, 5.41) is 4.96. The second kappa shape index (κ2) is 8.90. The number of methoxy groups -OCH3 is 1. The van der Waals surface area contributed by atoms with Gasteiger partial charge in [0.05, 0.1) is 30.0 Å². The fourth-order valence-electron chi connectivity index (χ4n) is 3.68. The molecule has 0 amide bonds. The van der Waals surface area contributed by atoms with E-state index >= 15 is 0 Å². The van der Waals surface area contributed by atoms with Gasteiger partial charge >= 0.3 is 5.97 Å². The molecular weight excluding hydrogens is 422 g/mol. The number of carbonyl (C=O) groups is 2. The zero-order valence-electron chi connectivity index (χ0n) is 19.2. The number of carbonyl (C=O) groups excluding carboxylic acids is 2. The van der Waals surface area contributed by atoms with Crippen molar-refractivity contribution in [3.8, 4) is 17.0 Å². The Morgan fingerprint density at radius 3 is 2.61 bits per heavy atom. The van der Waals surface area contributed by atoms with Gasteiger partial charge in [0.1, 0.15) is 17.3 Å². The minimum Gasteiger partial charge on any atom is -0.497 e. The van der Waals surface area contributed by atoms with Crippen LogP contribution in [0.25, 0.3) is 22.3 Å². The van der Waals surface area contributed by atoms with Gasteiger partial charge in [-0.1, -0.05) is 12.1 Å². The molecule has 1 aromatic carbocycles. The molecule has 0 spiro atoms. The number of Topliss-reactive ketones (excluding diaryl/α,β-unsaturated/α-hetero) is 1. The first-order valence-electron chi connectivity index (χ1n) is 10.6. The highest BCUT2D eigenvalue weighted by Crippen LogP contribution is 2.30. The number of furan rings is 1. The molecule has 0 fully saturated rings. The molecule has 0 aliphatic carbocycles. The van der Waals surface area contributed by atoms with Crippen molar-refractivity contribution in [1.82, 2.24) is 14.8 Å². The van der Waals surface area contributed by atoms with Gasteiger partial charge in [0.15, 0.2) is 18.0 Å². The van der Waals surface area contributed by atoms with Gasteiger partial charge in [-0.15, -0.1) is 0 Å². The van der Waals surface area contributed by atoms with Crippen LogP contribution in [0.2, 0.25) is 0 Å². The van der Waals surface area contributed by atoms with Gasteiger partial charge < -0.3 is 13.9 Å². The van der Waals surface area contributed by atoms with Gasteiger partial charge in [0.25, 0.3) is 0 Å². The van der Waals surface area contributed by atoms with Crippen molar-refractivity contribution in [3.63, 3.8) is 0 Å². The van der Waals surface area contributed by atoms with Gasteiger partial charge in [-0.3, -0.25) is 4.79 Å². The van der Waals surface area contributed by atoms with E-state index in [0.29, 0.717) is 39.4 Å². The Kier molecular flexibility index (Phi) is 6.00. The standard InChI is InChI=1S/C25H25N3O5/c1-14(2)28-24-21(12-26-28)20(11-22(27-24)19-9-15(3)33-16(19)4)25(30)32-13-23(29)17-7-6-8-18(10-17)31-5/h6-12,14H,13H2,1-5H3. The zero-order chi connectivity index (χ0) is 23.7. The summed E-state index contributed by atoms with van der Waals surface area (Å²) in [6.07, 6.45) is 1.60. The molecule has 0 N–H and O–H groups in total. The van der Waals surface area contributed by atoms with E-state index in [9.17, 15) is 9.59 Å². The highest BCUT2D eigenvalue weighted by molar-refractivity contribution is 6.05. The summed E-state index contributed by atoms with van der Waals surface area (Å²) in [6, 6.07) is 10.3. The maximum absolute atomic E-state index is 13.1. The Balaban J connectivity index is 1.69. The third-order valence-corrected chi connectivity index (χ3v) is 5.32. The van der Waals surface area contributed by atoms with E-state index in [1.165, 1.54) is 7.11 Å². The van der Waals surface area contributed by atoms with Gasteiger partial charge in [0, 0.05) is 17.2 Å². The lowest BCUT2D eigenvalue weighted by atomic mass is 10.1. The van der Waals surface area contributed by atoms with Crippen molar-refractivity contribution in [1.29, 1.82) is 0 Å². The summed E-state index contributed by atoms with van der Waals surface area (Å²) in [5.74, 6) is 1.05. The average molecular weight is 447 g/mol. The lowest BCUT2D eigenvalue weighted by molar-refractivity contribution is 0.0476. The summed E-state index contributed by atoms with van der Waals surface area (Å²) < 4.78 is 18.0. The molecule has 3 heterocycles. The molecule has 0 aliphatic rings. The van der Waals surface area contributed by atoms with Gasteiger partial charge in [-0.05, 0) is 52.0 Å². The molecule has 170 valence electrons. The summed E-state index contributed by atoms with van der Waals surface area (Å²) in [7, 11) is 1.52. The molecule has 0 bridgehead atoms.